The van der Waals surface area contributed by atoms with E-state index in [2.05, 4.69) is 41.8 Å². The Bertz CT molecular complexity index is 661. The fourth-order valence-electron chi connectivity index (χ4n) is 2.27. The molecule has 2 N–H and O–H groups in total. The van der Waals surface area contributed by atoms with Gasteiger partial charge in [-0.05, 0) is 48.2 Å². The zero-order valence-corrected chi connectivity index (χ0v) is 13.6. The summed E-state index contributed by atoms with van der Waals surface area (Å²) >= 11 is 0. The van der Waals surface area contributed by atoms with E-state index in [1.807, 2.05) is 0 Å². The highest BCUT2D eigenvalue weighted by molar-refractivity contribution is 5.95. The number of rotatable bonds is 6. The predicted octanol–water partition coefficient (Wildman–Crippen LogP) is 3.18. The summed E-state index contributed by atoms with van der Waals surface area (Å²) in [4.78, 5) is 23.4. The molecule has 2 aromatic carbocycles. The van der Waals surface area contributed by atoms with Gasteiger partial charge < -0.3 is 10.6 Å². The zero-order chi connectivity index (χ0) is 16.7. The molecule has 0 bridgehead atoms. The van der Waals surface area contributed by atoms with Crippen molar-refractivity contribution in [1.29, 1.82) is 0 Å². The molecule has 0 saturated carbocycles. The average Bonchev–Trinajstić information content (AvgIpc) is 2.60. The first-order valence-corrected chi connectivity index (χ1v) is 7.82. The Labute approximate surface area is 136 Å². The van der Waals surface area contributed by atoms with Crippen LogP contribution >= 0.6 is 0 Å². The van der Waals surface area contributed by atoms with Gasteiger partial charge in [0, 0.05) is 24.7 Å². The summed E-state index contributed by atoms with van der Waals surface area (Å²) in [5.41, 5.74) is 3.73. The van der Waals surface area contributed by atoms with Gasteiger partial charge in [0.1, 0.15) is 0 Å². The van der Waals surface area contributed by atoms with Crippen LogP contribution in [0.25, 0.3) is 0 Å². The largest absolute Gasteiger partial charge is 0.355 e. The Hall–Kier alpha value is -2.62. The minimum absolute atomic E-state index is 0.0303. The smallest absolute Gasteiger partial charge is 0.251 e. The average molecular weight is 310 g/mol. The third kappa shape index (κ3) is 4.95. The molecule has 0 aliphatic carbocycles. The van der Waals surface area contributed by atoms with Gasteiger partial charge in [0.15, 0.2) is 0 Å². The molecule has 0 unspecified atom stereocenters. The number of amides is 2. The van der Waals surface area contributed by atoms with Crippen LogP contribution in [0.15, 0.2) is 48.5 Å². The topological polar surface area (TPSA) is 58.2 Å². The van der Waals surface area contributed by atoms with Crippen LogP contribution < -0.4 is 10.6 Å². The van der Waals surface area contributed by atoms with E-state index in [1.54, 1.807) is 31.3 Å². The van der Waals surface area contributed by atoms with E-state index in [0.717, 1.165) is 12.0 Å². The zero-order valence-electron chi connectivity index (χ0n) is 13.6. The van der Waals surface area contributed by atoms with E-state index in [9.17, 15) is 9.59 Å². The number of aryl methyl sites for hydroxylation is 2. The minimum atomic E-state index is -0.140. The Morgan fingerprint density at radius 2 is 1.52 bits per heavy atom. The number of benzene rings is 2. The van der Waals surface area contributed by atoms with Crippen molar-refractivity contribution in [2.75, 3.05) is 12.4 Å². The Kier molecular flexibility index (Phi) is 5.92. The molecule has 0 atom stereocenters. The van der Waals surface area contributed by atoms with Crippen LogP contribution in [0.3, 0.4) is 0 Å². The fourth-order valence-corrected chi connectivity index (χ4v) is 2.27. The van der Waals surface area contributed by atoms with Gasteiger partial charge in [0.2, 0.25) is 5.91 Å². The van der Waals surface area contributed by atoms with E-state index >= 15 is 0 Å². The van der Waals surface area contributed by atoms with Crippen molar-refractivity contribution in [3.63, 3.8) is 0 Å². The summed E-state index contributed by atoms with van der Waals surface area (Å²) in [5.74, 6) is -0.171. The molecule has 0 aromatic heterocycles. The number of carbonyl (C=O) groups is 2. The van der Waals surface area contributed by atoms with Gasteiger partial charge >= 0.3 is 0 Å². The second kappa shape index (κ2) is 8.13. The summed E-state index contributed by atoms with van der Waals surface area (Å²) in [5, 5.41) is 5.41. The molecular weight excluding hydrogens is 288 g/mol. The molecule has 23 heavy (non-hydrogen) atoms. The monoisotopic (exact) mass is 310 g/mol. The lowest BCUT2D eigenvalue weighted by Gasteiger charge is -2.07. The number of nitrogens with one attached hydrogen (secondary N) is 2. The molecule has 0 saturated heterocycles. The van der Waals surface area contributed by atoms with Crippen molar-refractivity contribution < 1.29 is 9.59 Å². The molecule has 4 heteroatoms. The second-order valence-corrected chi connectivity index (χ2v) is 5.37. The van der Waals surface area contributed by atoms with Gasteiger partial charge in [-0.2, -0.15) is 0 Å². The molecule has 0 aliphatic rings. The highest BCUT2D eigenvalue weighted by Crippen LogP contribution is 2.11. The van der Waals surface area contributed by atoms with Gasteiger partial charge in [0.25, 0.3) is 5.91 Å². The summed E-state index contributed by atoms with van der Waals surface area (Å²) in [7, 11) is 1.59. The Morgan fingerprint density at radius 1 is 0.913 bits per heavy atom. The molecule has 120 valence electrons. The lowest BCUT2D eigenvalue weighted by molar-refractivity contribution is -0.116. The highest BCUT2D eigenvalue weighted by atomic mass is 16.2. The van der Waals surface area contributed by atoms with E-state index < -0.39 is 0 Å². The Balaban J connectivity index is 1.85. The first kappa shape index (κ1) is 16.7. The standard InChI is InChI=1S/C19H22N2O2/c1-3-14-4-6-15(7-5-14)8-13-18(22)21-17-11-9-16(10-12-17)19(23)20-2/h4-7,9-12H,3,8,13H2,1-2H3,(H,20,23)(H,21,22). The maximum atomic E-state index is 12.0. The van der Waals surface area contributed by atoms with Gasteiger partial charge in [-0.15, -0.1) is 0 Å². The number of hydrogen-bond acceptors (Lipinski definition) is 2. The minimum Gasteiger partial charge on any atom is -0.355 e. The molecule has 0 aliphatic heterocycles. The second-order valence-electron chi connectivity index (χ2n) is 5.37. The summed E-state index contributed by atoms with van der Waals surface area (Å²) in [6.45, 7) is 2.12. The van der Waals surface area contributed by atoms with Crippen LogP contribution in [0.1, 0.15) is 34.8 Å². The first-order chi connectivity index (χ1) is 11.1. The molecular formula is C19H22N2O2. The normalized spacial score (nSPS) is 10.2. The molecule has 4 nitrogen and oxygen atoms in total. The van der Waals surface area contributed by atoms with E-state index in [4.69, 9.17) is 0 Å². The molecule has 2 amide bonds. The van der Waals surface area contributed by atoms with Crippen molar-refractivity contribution >= 4 is 17.5 Å². The van der Waals surface area contributed by atoms with E-state index in [1.165, 1.54) is 5.56 Å². The molecule has 2 aromatic rings. The summed E-state index contributed by atoms with van der Waals surface area (Å²) in [6, 6.07) is 15.2. The fraction of sp³-hybridized carbons (Fsp3) is 0.263. The number of anilines is 1. The van der Waals surface area contributed by atoms with Crippen molar-refractivity contribution in [2.24, 2.45) is 0 Å². The van der Waals surface area contributed by atoms with E-state index in [-0.39, 0.29) is 11.8 Å². The van der Waals surface area contributed by atoms with Crippen LogP contribution in [-0.2, 0) is 17.6 Å². The molecule has 2 rings (SSSR count). The molecule has 0 heterocycles. The van der Waals surface area contributed by atoms with Gasteiger partial charge in [-0.25, -0.2) is 0 Å². The van der Waals surface area contributed by atoms with Crippen LogP contribution in [0, 0.1) is 0 Å². The summed E-state index contributed by atoms with van der Waals surface area (Å²) < 4.78 is 0. The van der Waals surface area contributed by atoms with Crippen molar-refractivity contribution in [3.8, 4) is 0 Å². The van der Waals surface area contributed by atoms with Crippen LogP contribution in [-0.4, -0.2) is 18.9 Å². The molecule has 0 radical (unpaired) electrons. The first-order valence-electron chi connectivity index (χ1n) is 7.82. The Morgan fingerprint density at radius 3 is 2.09 bits per heavy atom. The third-order valence-electron chi connectivity index (χ3n) is 3.73. The van der Waals surface area contributed by atoms with Crippen molar-refractivity contribution in [1.82, 2.24) is 5.32 Å². The highest BCUT2D eigenvalue weighted by Gasteiger charge is 2.05. The van der Waals surface area contributed by atoms with Gasteiger partial charge in [-0.3, -0.25) is 9.59 Å². The molecule has 0 spiro atoms. The molecule has 0 fully saturated rings. The van der Waals surface area contributed by atoms with Gasteiger partial charge in [-0.1, -0.05) is 31.2 Å². The van der Waals surface area contributed by atoms with Crippen molar-refractivity contribution in [2.45, 2.75) is 26.2 Å². The predicted molar refractivity (Wildman–Crippen MR) is 92.6 cm³/mol. The van der Waals surface area contributed by atoms with Gasteiger partial charge in [0.05, 0.1) is 0 Å². The van der Waals surface area contributed by atoms with Crippen LogP contribution in [0.5, 0.6) is 0 Å². The lowest BCUT2D eigenvalue weighted by Crippen LogP contribution is -2.18. The third-order valence-corrected chi connectivity index (χ3v) is 3.73. The lowest BCUT2D eigenvalue weighted by atomic mass is 10.1. The van der Waals surface area contributed by atoms with E-state index in [0.29, 0.717) is 24.1 Å². The maximum absolute atomic E-state index is 12.0. The number of carbonyl (C=O) groups excluding carboxylic acids is 2. The maximum Gasteiger partial charge on any atom is 0.251 e. The number of hydrogen-bond donors (Lipinski definition) is 2. The van der Waals surface area contributed by atoms with Crippen molar-refractivity contribution in [3.05, 3.63) is 65.2 Å². The SMILES string of the molecule is CCc1ccc(CCC(=O)Nc2ccc(C(=O)NC)cc2)cc1. The quantitative estimate of drug-likeness (QED) is 0.861. The van der Waals surface area contributed by atoms with Crippen LogP contribution in [0.4, 0.5) is 5.69 Å². The summed E-state index contributed by atoms with van der Waals surface area (Å²) in [6.07, 6.45) is 2.17. The van der Waals surface area contributed by atoms with Crippen LogP contribution in [0.2, 0.25) is 0 Å².